The molecule has 1 N–H and O–H groups in total. The minimum Gasteiger partial charge on any atom is -0.506 e. The van der Waals surface area contributed by atoms with Gasteiger partial charge in [-0.1, -0.05) is 18.2 Å². The molecule has 0 saturated carbocycles. The van der Waals surface area contributed by atoms with Crippen LogP contribution in [-0.2, 0) is 11.2 Å². The minimum atomic E-state index is -0.833. The van der Waals surface area contributed by atoms with E-state index in [1.165, 1.54) is 4.40 Å². The average molecular weight is 353 g/mol. The summed E-state index contributed by atoms with van der Waals surface area (Å²) < 4.78 is 11.5. The molecule has 3 aromatic rings. The van der Waals surface area contributed by atoms with E-state index in [0.29, 0.717) is 23.3 Å². The molecule has 0 bridgehead atoms. The first-order valence-electron chi connectivity index (χ1n) is 8.22. The summed E-state index contributed by atoms with van der Waals surface area (Å²) in [6.07, 6.45) is 1.89. The molecule has 0 aliphatic heterocycles. The number of pyridine rings is 2. The third kappa shape index (κ3) is 3.13. The number of carbonyl (C=O) groups is 1. The van der Waals surface area contributed by atoms with E-state index >= 15 is 0 Å². The monoisotopic (exact) mass is 353 g/mol. The lowest BCUT2D eigenvalue weighted by atomic mass is 10.0. The van der Waals surface area contributed by atoms with Crippen LogP contribution in [-0.4, -0.2) is 29.2 Å². The molecule has 26 heavy (non-hydrogen) atoms. The number of aromatic hydroxyl groups is 1. The van der Waals surface area contributed by atoms with Gasteiger partial charge in [0.05, 0.1) is 19.2 Å². The number of hydrogen-bond donors (Lipinski definition) is 1. The second-order valence-electron chi connectivity index (χ2n) is 5.71. The number of fused-ring (bicyclic) bond motifs is 1. The molecular formula is C20H19NO5. The highest BCUT2D eigenvalue weighted by atomic mass is 16.5. The highest BCUT2D eigenvalue weighted by Gasteiger charge is 2.24. The molecule has 0 aliphatic carbocycles. The SMILES string of the molecule is CCOC(=O)c1c(O)c(Cc2cccc(OC)c2)c2ccccn2c1=O. The van der Waals surface area contributed by atoms with Gasteiger partial charge in [0.1, 0.15) is 11.5 Å². The Hall–Kier alpha value is -3.28. The molecule has 3 rings (SSSR count). The van der Waals surface area contributed by atoms with Crippen molar-refractivity contribution in [2.75, 3.05) is 13.7 Å². The van der Waals surface area contributed by atoms with E-state index in [-0.39, 0.29) is 17.9 Å². The van der Waals surface area contributed by atoms with Crippen molar-refractivity contribution in [1.82, 2.24) is 4.40 Å². The zero-order chi connectivity index (χ0) is 18.7. The van der Waals surface area contributed by atoms with Gasteiger partial charge in [-0.15, -0.1) is 0 Å². The Morgan fingerprint density at radius 3 is 2.73 bits per heavy atom. The van der Waals surface area contributed by atoms with Crippen LogP contribution in [0, 0.1) is 0 Å². The molecule has 0 atom stereocenters. The fourth-order valence-electron chi connectivity index (χ4n) is 2.91. The highest BCUT2D eigenvalue weighted by molar-refractivity contribution is 5.93. The maximum Gasteiger partial charge on any atom is 0.347 e. The van der Waals surface area contributed by atoms with E-state index < -0.39 is 11.5 Å². The molecule has 0 saturated heterocycles. The Balaban J connectivity index is 2.23. The van der Waals surface area contributed by atoms with Gasteiger partial charge in [0, 0.05) is 18.2 Å². The van der Waals surface area contributed by atoms with Crippen LogP contribution < -0.4 is 10.3 Å². The summed E-state index contributed by atoms with van der Waals surface area (Å²) >= 11 is 0. The maximum absolute atomic E-state index is 12.7. The average Bonchev–Trinajstić information content (AvgIpc) is 2.65. The van der Waals surface area contributed by atoms with Crippen molar-refractivity contribution in [2.24, 2.45) is 0 Å². The summed E-state index contributed by atoms with van der Waals surface area (Å²) in [7, 11) is 1.58. The smallest absolute Gasteiger partial charge is 0.347 e. The predicted octanol–water partition coefficient (Wildman–Crippen LogP) is 2.78. The van der Waals surface area contributed by atoms with Gasteiger partial charge in [0.25, 0.3) is 5.56 Å². The molecule has 0 radical (unpaired) electrons. The summed E-state index contributed by atoms with van der Waals surface area (Å²) in [5.41, 5.74) is 0.922. The lowest BCUT2D eigenvalue weighted by molar-refractivity contribution is 0.0520. The summed E-state index contributed by atoms with van der Waals surface area (Å²) in [5.74, 6) is -0.493. The first-order chi connectivity index (χ1) is 12.6. The molecule has 6 heteroatoms. The van der Waals surface area contributed by atoms with Crippen molar-refractivity contribution in [3.8, 4) is 11.5 Å². The number of aromatic nitrogens is 1. The van der Waals surface area contributed by atoms with Crippen LogP contribution in [0.15, 0.2) is 53.5 Å². The number of ether oxygens (including phenoxy) is 2. The number of benzene rings is 1. The van der Waals surface area contributed by atoms with Gasteiger partial charge < -0.3 is 14.6 Å². The number of methoxy groups -OCH3 is 1. The Kier molecular flexibility index (Phi) is 4.93. The second kappa shape index (κ2) is 7.31. The standard InChI is InChI=1S/C20H19NO5/c1-3-26-20(24)17-18(22)15(12-13-7-6-8-14(11-13)25-2)16-9-4-5-10-21(16)19(17)23/h4-11,22H,3,12H2,1-2H3. The van der Waals surface area contributed by atoms with Crippen LogP contribution in [0.3, 0.4) is 0 Å². The number of nitrogens with zero attached hydrogens (tertiary/aromatic N) is 1. The van der Waals surface area contributed by atoms with Crippen molar-refractivity contribution in [2.45, 2.75) is 13.3 Å². The van der Waals surface area contributed by atoms with E-state index in [4.69, 9.17) is 9.47 Å². The molecule has 0 unspecified atom stereocenters. The topological polar surface area (TPSA) is 77.2 Å². The van der Waals surface area contributed by atoms with Gasteiger partial charge in [-0.05, 0) is 36.8 Å². The molecule has 0 fully saturated rings. The summed E-state index contributed by atoms with van der Waals surface area (Å²) in [4.78, 5) is 24.9. The number of esters is 1. The van der Waals surface area contributed by atoms with Crippen molar-refractivity contribution >= 4 is 11.5 Å². The van der Waals surface area contributed by atoms with E-state index in [9.17, 15) is 14.7 Å². The molecule has 1 aromatic carbocycles. The lowest BCUT2D eigenvalue weighted by Crippen LogP contribution is -2.25. The van der Waals surface area contributed by atoms with E-state index in [1.54, 1.807) is 38.4 Å². The van der Waals surface area contributed by atoms with E-state index in [0.717, 1.165) is 5.56 Å². The largest absolute Gasteiger partial charge is 0.506 e. The van der Waals surface area contributed by atoms with E-state index in [1.807, 2.05) is 24.3 Å². The van der Waals surface area contributed by atoms with Gasteiger partial charge in [-0.3, -0.25) is 9.20 Å². The quantitative estimate of drug-likeness (QED) is 0.714. The first-order valence-corrected chi connectivity index (χ1v) is 8.22. The molecule has 0 amide bonds. The van der Waals surface area contributed by atoms with Crippen LogP contribution >= 0.6 is 0 Å². The molecule has 2 heterocycles. The zero-order valence-corrected chi connectivity index (χ0v) is 14.6. The van der Waals surface area contributed by atoms with Crippen LogP contribution in [0.25, 0.3) is 5.52 Å². The first kappa shape index (κ1) is 17.5. The van der Waals surface area contributed by atoms with Crippen molar-refractivity contribution in [3.63, 3.8) is 0 Å². The van der Waals surface area contributed by atoms with Crippen LogP contribution in [0.5, 0.6) is 11.5 Å². The van der Waals surface area contributed by atoms with Crippen LogP contribution in [0.2, 0.25) is 0 Å². The summed E-state index contributed by atoms with van der Waals surface area (Å²) in [6.45, 7) is 1.76. The van der Waals surface area contributed by atoms with E-state index in [2.05, 4.69) is 0 Å². The number of rotatable bonds is 5. The molecule has 2 aromatic heterocycles. The fraction of sp³-hybridized carbons (Fsp3) is 0.200. The van der Waals surface area contributed by atoms with Gasteiger partial charge in [0.15, 0.2) is 5.56 Å². The minimum absolute atomic E-state index is 0.112. The van der Waals surface area contributed by atoms with Crippen molar-refractivity contribution < 1.29 is 19.4 Å². The number of carbonyl (C=O) groups excluding carboxylic acids is 1. The number of hydrogen-bond acceptors (Lipinski definition) is 5. The molecule has 134 valence electrons. The molecule has 0 aliphatic rings. The zero-order valence-electron chi connectivity index (χ0n) is 14.6. The predicted molar refractivity (Wildman–Crippen MR) is 97.1 cm³/mol. The summed E-state index contributed by atoms with van der Waals surface area (Å²) in [5, 5.41) is 10.7. The second-order valence-corrected chi connectivity index (χ2v) is 5.71. The maximum atomic E-state index is 12.7. The third-order valence-electron chi connectivity index (χ3n) is 4.12. The molecular weight excluding hydrogens is 334 g/mol. The Morgan fingerprint density at radius 2 is 2.00 bits per heavy atom. The highest BCUT2D eigenvalue weighted by Crippen LogP contribution is 2.28. The molecule has 6 nitrogen and oxygen atoms in total. The Morgan fingerprint density at radius 1 is 1.19 bits per heavy atom. The third-order valence-corrected chi connectivity index (χ3v) is 4.12. The van der Waals surface area contributed by atoms with Gasteiger partial charge in [-0.2, -0.15) is 0 Å². The lowest BCUT2D eigenvalue weighted by Gasteiger charge is -2.14. The van der Waals surface area contributed by atoms with Crippen molar-refractivity contribution in [1.29, 1.82) is 0 Å². The fourth-order valence-corrected chi connectivity index (χ4v) is 2.91. The summed E-state index contributed by atoms with van der Waals surface area (Å²) in [6, 6.07) is 12.6. The van der Waals surface area contributed by atoms with Gasteiger partial charge >= 0.3 is 5.97 Å². The van der Waals surface area contributed by atoms with Gasteiger partial charge in [-0.25, -0.2) is 4.79 Å². The molecule has 0 spiro atoms. The Labute approximate surface area is 150 Å². The van der Waals surface area contributed by atoms with Crippen molar-refractivity contribution in [3.05, 3.63) is 75.7 Å². The van der Waals surface area contributed by atoms with Gasteiger partial charge in [0.2, 0.25) is 0 Å². The Bertz CT molecular complexity index is 1020. The van der Waals surface area contributed by atoms with Crippen LogP contribution in [0.4, 0.5) is 0 Å². The van der Waals surface area contributed by atoms with Crippen LogP contribution in [0.1, 0.15) is 28.4 Å². The normalized spacial score (nSPS) is 10.7.